The molecule has 0 unspecified atom stereocenters. The molecule has 0 spiro atoms. The molecule has 3 heterocycles. The van der Waals surface area contributed by atoms with Crippen LogP contribution in [-0.2, 0) is 20.1 Å². The minimum atomic E-state index is -2.37. The number of hydrogen-bond donors (Lipinski definition) is 0. The quantitative estimate of drug-likeness (QED) is 0.123. The number of rotatable bonds is 6. The molecule has 62 heavy (non-hydrogen) atoms. The van der Waals surface area contributed by atoms with Crippen molar-refractivity contribution in [3.8, 4) is 39.6 Å². The van der Waals surface area contributed by atoms with Crippen LogP contribution in [0.25, 0.3) is 94.1 Å². The Morgan fingerprint density at radius 2 is 1.35 bits per heavy atom. The summed E-state index contributed by atoms with van der Waals surface area (Å²) in [5.41, 5.74) is 9.96. The molecule has 0 fully saturated rings. The number of aromatic nitrogens is 4. The number of benzene rings is 8. The van der Waals surface area contributed by atoms with Crippen LogP contribution in [0.2, 0.25) is 0 Å². The van der Waals surface area contributed by atoms with Crippen molar-refractivity contribution in [1.82, 2.24) is 19.5 Å². The fourth-order valence-electron chi connectivity index (χ4n) is 8.51. The van der Waals surface area contributed by atoms with E-state index in [4.69, 9.17) is 13.5 Å². The van der Waals surface area contributed by atoms with Gasteiger partial charge in [0, 0.05) is 47.7 Å². The Morgan fingerprint density at radius 1 is 0.613 bits per heavy atom. The second kappa shape index (κ2) is 17.0. The molecule has 0 N–H and O–H groups in total. The second-order valence-corrected chi connectivity index (χ2v) is 16.0. The summed E-state index contributed by atoms with van der Waals surface area (Å²) in [6.45, 7) is 6.42. The van der Waals surface area contributed by atoms with Crippen molar-refractivity contribution in [2.24, 2.45) is 0 Å². The van der Waals surface area contributed by atoms with Gasteiger partial charge < -0.3 is 8.98 Å². The number of furan rings is 1. The Bertz CT molecular complexity index is 3420. The Kier molecular flexibility index (Phi) is 10.1. The third-order valence-corrected chi connectivity index (χ3v) is 11.5. The summed E-state index contributed by atoms with van der Waals surface area (Å²) in [4.78, 5) is 13.5. The number of hydrogen-bond acceptors (Lipinski definition) is 4. The summed E-state index contributed by atoms with van der Waals surface area (Å²) in [6.07, 6.45) is 3.45. The molecule has 0 amide bonds. The van der Waals surface area contributed by atoms with Gasteiger partial charge in [0.15, 0.2) is 0 Å². The Hall–Kier alpha value is -6.72. The third kappa shape index (κ3) is 7.30. The smallest absolute Gasteiger partial charge is 0.121 e. The van der Waals surface area contributed by atoms with Crippen LogP contribution >= 0.6 is 0 Å². The normalized spacial score (nSPS) is 12.4. The predicted molar refractivity (Wildman–Crippen MR) is 252 cm³/mol. The zero-order valence-electron chi connectivity index (χ0n) is 37.8. The zero-order valence-corrected chi connectivity index (χ0v) is 37.2. The molecule has 0 aliphatic heterocycles. The van der Waals surface area contributed by atoms with Crippen molar-refractivity contribution in [2.45, 2.75) is 46.4 Å². The SMILES string of the molecule is [2H]C([2H])([2H])c1cccc2nc(-c3[c-]ccc4c3oc3cc5c(ccc6ccccc65)cc34)n(-c3c(C(C)C)cc(-c4ccccc4)cc3C(C)C)c12.[Ir].[c-]1ccccc1-c1ncccn1. The maximum Gasteiger partial charge on any atom is 0.121 e. The van der Waals surface area contributed by atoms with Gasteiger partial charge in [0.25, 0.3) is 0 Å². The minimum Gasteiger partial charge on any atom is -0.501 e. The molecule has 6 heteroatoms. The average molecular weight is 984 g/mol. The summed E-state index contributed by atoms with van der Waals surface area (Å²) < 4.78 is 34.9. The van der Waals surface area contributed by atoms with Gasteiger partial charge in [-0.05, 0) is 104 Å². The van der Waals surface area contributed by atoms with Gasteiger partial charge in [-0.2, -0.15) is 0 Å². The standard InChI is InChI=1S/C46H37N2O.C10H7N2.Ir/c1-27(2)37-24-33(30-14-7-6-8-15-30)25-38(28(3)4)44(37)48-43-29(5)13-11-20-41(43)47-46(48)36-19-12-18-35-40-23-32-22-21-31-16-9-10-17-34(31)39(32)26-42(40)49-45(35)36;1-2-5-9(6-3-1)10-11-7-4-8-12-10;/h6-18,20-28H,1-5H3;1-5,7-8H;/q2*-1;/i5D3;;. The van der Waals surface area contributed by atoms with Crippen LogP contribution in [0.3, 0.4) is 0 Å². The molecule has 3 aromatic heterocycles. The van der Waals surface area contributed by atoms with Crippen LogP contribution in [0.15, 0.2) is 168 Å². The van der Waals surface area contributed by atoms with Crippen molar-refractivity contribution < 1.29 is 28.6 Å². The van der Waals surface area contributed by atoms with E-state index in [1.165, 1.54) is 10.8 Å². The van der Waals surface area contributed by atoms with Crippen LogP contribution in [-0.4, -0.2) is 19.5 Å². The van der Waals surface area contributed by atoms with Gasteiger partial charge >= 0.3 is 0 Å². The summed E-state index contributed by atoms with van der Waals surface area (Å²) >= 11 is 0. The van der Waals surface area contributed by atoms with E-state index in [9.17, 15) is 0 Å². The zero-order chi connectivity index (χ0) is 44.1. The average Bonchev–Trinajstić information content (AvgIpc) is 3.89. The van der Waals surface area contributed by atoms with E-state index in [1.54, 1.807) is 30.6 Å². The maximum atomic E-state index is 8.65. The fraction of sp³-hybridized carbons (Fsp3) is 0.125. The van der Waals surface area contributed by atoms with Crippen molar-refractivity contribution in [2.75, 3.05) is 0 Å². The molecule has 8 aromatic carbocycles. The summed E-state index contributed by atoms with van der Waals surface area (Å²) in [5.74, 6) is 1.56. The van der Waals surface area contributed by atoms with E-state index < -0.39 is 6.85 Å². The van der Waals surface area contributed by atoms with Crippen molar-refractivity contribution in [3.05, 3.63) is 193 Å². The van der Waals surface area contributed by atoms with E-state index in [0.717, 1.165) is 66.5 Å². The van der Waals surface area contributed by atoms with Crippen LogP contribution in [0.5, 0.6) is 0 Å². The molecular formula is C56H44IrN4O-2. The molecule has 305 valence electrons. The third-order valence-electron chi connectivity index (χ3n) is 11.5. The molecule has 11 aromatic rings. The first-order valence-electron chi connectivity index (χ1n) is 22.2. The van der Waals surface area contributed by atoms with Gasteiger partial charge in [0.2, 0.25) is 0 Å². The second-order valence-electron chi connectivity index (χ2n) is 16.0. The number of para-hydroxylation sites is 1. The molecule has 1 radical (unpaired) electrons. The number of imidazole rings is 1. The largest absolute Gasteiger partial charge is 0.501 e. The van der Waals surface area contributed by atoms with Gasteiger partial charge in [-0.25, -0.2) is 0 Å². The molecule has 0 saturated heterocycles. The Balaban J connectivity index is 0.000000355. The van der Waals surface area contributed by atoms with Crippen molar-refractivity contribution in [3.63, 3.8) is 0 Å². The van der Waals surface area contributed by atoms with Gasteiger partial charge in [-0.1, -0.05) is 118 Å². The first-order chi connectivity index (χ1) is 31.0. The minimum absolute atomic E-state index is 0. The van der Waals surface area contributed by atoms with Gasteiger partial charge in [0.05, 0.1) is 28.3 Å². The van der Waals surface area contributed by atoms with E-state index >= 15 is 0 Å². The summed E-state index contributed by atoms with van der Waals surface area (Å²) in [5, 5.41) is 6.59. The topological polar surface area (TPSA) is 56.7 Å². The molecule has 0 saturated carbocycles. The van der Waals surface area contributed by atoms with Gasteiger partial charge in [-0.3, -0.25) is 15.0 Å². The molecule has 5 nitrogen and oxygen atoms in total. The molecule has 0 aliphatic rings. The monoisotopic (exact) mass is 984 g/mol. The van der Waals surface area contributed by atoms with Crippen LogP contribution < -0.4 is 0 Å². The fourth-order valence-corrected chi connectivity index (χ4v) is 8.51. The summed E-state index contributed by atoms with van der Waals surface area (Å²) in [7, 11) is 0. The van der Waals surface area contributed by atoms with Crippen LogP contribution in [0.1, 0.15) is 60.3 Å². The molecule has 0 bridgehead atoms. The summed E-state index contributed by atoms with van der Waals surface area (Å²) in [6, 6.07) is 57.4. The predicted octanol–water partition coefficient (Wildman–Crippen LogP) is 14.9. The van der Waals surface area contributed by atoms with Crippen molar-refractivity contribution >= 4 is 54.5 Å². The van der Waals surface area contributed by atoms with E-state index in [-0.39, 0.29) is 37.5 Å². The van der Waals surface area contributed by atoms with Gasteiger partial charge in [-0.15, -0.1) is 54.1 Å². The number of aryl methyl sites for hydroxylation is 1. The first-order valence-corrected chi connectivity index (χ1v) is 20.7. The van der Waals surface area contributed by atoms with Crippen LogP contribution in [0, 0.1) is 19.0 Å². The Morgan fingerprint density at radius 3 is 2.10 bits per heavy atom. The molecule has 0 aliphatic carbocycles. The van der Waals surface area contributed by atoms with Gasteiger partial charge in [0.1, 0.15) is 5.58 Å². The molecular weight excluding hydrogens is 937 g/mol. The van der Waals surface area contributed by atoms with E-state index in [0.29, 0.717) is 28.0 Å². The van der Waals surface area contributed by atoms with E-state index in [1.807, 2.05) is 48.5 Å². The maximum absolute atomic E-state index is 8.65. The first kappa shape index (κ1) is 37.1. The Labute approximate surface area is 379 Å². The van der Waals surface area contributed by atoms with Crippen LogP contribution in [0.4, 0.5) is 0 Å². The molecule has 11 rings (SSSR count). The number of fused-ring (bicyclic) bond motifs is 7. The number of nitrogens with zero attached hydrogens (tertiary/aromatic N) is 4. The van der Waals surface area contributed by atoms with E-state index in [2.05, 4.69) is 139 Å². The molecule has 0 atom stereocenters. The van der Waals surface area contributed by atoms with Crippen molar-refractivity contribution in [1.29, 1.82) is 0 Å².